The lowest BCUT2D eigenvalue weighted by Crippen LogP contribution is -2.50. The Morgan fingerprint density at radius 2 is 1.77 bits per heavy atom. The second kappa shape index (κ2) is 9.26. The molecule has 0 atom stereocenters. The molecule has 156 valence electrons. The van der Waals surface area contributed by atoms with Crippen molar-refractivity contribution < 1.29 is 14.7 Å². The van der Waals surface area contributed by atoms with Crippen LogP contribution < -0.4 is 4.90 Å². The number of hydrogen-bond donors (Lipinski definition) is 1. The van der Waals surface area contributed by atoms with Gasteiger partial charge in [0.2, 0.25) is 5.91 Å². The van der Waals surface area contributed by atoms with Gasteiger partial charge in [-0.3, -0.25) is 9.59 Å². The molecular formula is C25H28N2O3. The summed E-state index contributed by atoms with van der Waals surface area (Å²) in [6, 6.07) is 15.9. The third-order valence-corrected chi connectivity index (χ3v) is 6.01. The lowest BCUT2D eigenvalue weighted by molar-refractivity contribution is -0.119. The number of amides is 2. The van der Waals surface area contributed by atoms with Crippen molar-refractivity contribution in [1.82, 2.24) is 4.90 Å². The van der Waals surface area contributed by atoms with Gasteiger partial charge in [0.05, 0.1) is 0 Å². The zero-order valence-corrected chi connectivity index (χ0v) is 17.2. The molecule has 2 heterocycles. The topological polar surface area (TPSA) is 60.9 Å². The predicted octanol–water partition coefficient (Wildman–Crippen LogP) is 3.67. The van der Waals surface area contributed by atoms with Gasteiger partial charge in [-0.05, 0) is 55.0 Å². The van der Waals surface area contributed by atoms with Crippen LogP contribution in [0.25, 0.3) is 6.08 Å². The molecule has 0 aromatic heterocycles. The van der Waals surface area contributed by atoms with E-state index in [1.54, 1.807) is 0 Å². The van der Waals surface area contributed by atoms with Crippen LogP contribution in [-0.4, -0.2) is 47.6 Å². The van der Waals surface area contributed by atoms with Gasteiger partial charge < -0.3 is 14.9 Å². The minimum atomic E-state index is 0.0460. The summed E-state index contributed by atoms with van der Waals surface area (Å²) in [5, 5.41) is 8.85. The van der Waals surface area contributed by atoms with E-state index in [0.29, 0.717) is 31.5 Å². The first-order valence-corrected chi connectivity index (χ1v) is 10.7. The van der Waals surface area contributed by atoms with Gasteiger partial charge in [-0.15, -0.1) is 0 Å². The SMILES string of the molecule is O=C(c1ccc(/C=C/CCO)cc1)N1CCC(N2C(=O)CCc3ccccc32)CC1. The van der Waals surface area contributed by atoms with Crippen LogP contribution in [-0.2, 0) is 11.2 Å². The van der Waals surface area contributed by atoms with E-state index in [-0.39, 0.29) is 24.5 Å². The molecule has 0 spiro atoms. The molecule has 2 aliphatic rings. The number of anilines is 1. The van der Waals surface area contributed by atoms with Gasteiger partial charge >= 0.3 is 0 Å². The summed E-state index contributed by atoms with van der Waals surface area (Å²) < 4.78 is 0. The van der Waals surface area contributed by atoms with E-state index in [1.807, 2.05) is 64.4 Å². The lowest BCUT2D eigenvalue weighted by atomic mass is 9.95. The molecule has 1 fully saturated rings. The molecule has 0 saturated carbocycles. The van der Waals surface area contributed by atoms with E-state index in [0.717, 1.165) is 30.5 Å². The predicted molar refractivity (Wildman–Crippen MR) is 118 cm³/mol. The largest absolute Gasteiger partial charge is 0.396 e. The summed E-state index contributed by atoms with van der Waals surface area (Å²) in [6.45, 7) is 1.46. The Labute approximate surface area is 177 Å². The molecule has 1 saturated heterocycles. The maximum atomic E-state index is 12.9. The molecule has 2 aliphatic heterocycles. The van der Waals surface area contributed by atoms with Gasteiger partial charge in [0.15, 0.2) is 0 Å². The lowest BCUT2D eigenvalue weighted by Gasteiger charge is -2.41. The molecule has 2 aromatic rings. The van der Waals surface area contributed by atoms with Gasteiger partial charge in [-0.25, -0.2) is 0 Å². The summed E-state index contributed by atoms with van der Waals surface area (Å²) in [4.78, 5) is 29.4. The quantitative estimate of drug-likeness (QED) is 0.827. The second-order valence-corrected chi connectivity index (χ2v) is 7.95. The number of carbonyl (C=O) groups is 2. The van der Waals surface area contributed by atoms with Gasteiger partial charge in [0.25, 0.3) is 5.91 Å². The van der Waals surface area contributed by atoms with Crippen LogP contribution >= 0.6 is 0 Å². The number of aryl methyl sites for hydroxylation is 1. The van der Waals surface area contributed by atoms with Crippen molar-refractivity contribution in [2.24, 2.45) is 0 Å². The smallest absolute Gasteiger partial charge is 0.253 e. The summed E-state index contributed by atoms with van der Waals surface area (Å²) >= 11 is 0. The third-order valence-electron chi connectivity index (χ3n) is 6.01. The van der Waals surface area contributed by atoms with E-state index < -0.39 is 0 Å². The molecule has 0 aliphatic carbocycles. The number of carbonyl (C=O) groups excluding carboxylic acids is 2. The normalized spacial score (nSPS) is 17.4. The van der Waals surface area contributed by atoms with Crippen LogP contribution in [0.2, 0.25) is 0 Å². The first-order chi connectivity index (χ1) is 14.7. The van der Waals surface area contributed by atoms with Gasteiger partial charge in [0.1, 0.15) is 0 Å². The molecule has 1 N–H and O–H groups in total. The minimum Gasteiger partial charge on any atom is -0.396 e. The average molecular weight is 405 g/mol. The van der Waals surface area contributed by atoms with Crippen molar-refractivity contribution >= 4 is 23.6 Å². The maximum Gasteiger partial charge on any atom is 0.253 e. The monoisotopic (exact) mass is 404 g/mol. The Bertz CT molecular complexity index is 928. The van der Waals surface area contributed by atoms with Crippen LogP contribution in [0.4, 0.5) is 5.69 Å². The third kappa shape index (κ3) is 4.31. The Morgan fingerprint density at radius 1 is 1.03 bits per heavy atom. The number of hydrogen-bond acceptors (Lipinski definition) is 3. The van der Waals surface area contributed by atoms with Crippen LogP contribution in [0.5, 0.6) is 0 Å². The van der Waals surface area contributed by atoms with Gasteiger partial charge in [0, 0.05) is 43.4 Å². The summed E-state index contributed by atoms with van der Waals surface area (Å²) in [5.41, 5.74) is 3.99. The molecule has 5 heteroatoms. The van der Waals surface area contributed by atoms with Crippen molar-refractivity contribution in [3.8, 4) is 0 Å². The minimum absolute atomic E-state index is 0.0460. The maximum absolute atomic E-state index is 12.9. The highest BCUT2D eigenvalue weighted by Gasteiger charge is 2.33. The number of fused-ring (bicyclic) bond motifs is 1. The number of para-hydroxylation sites is 1. The van der Waals surface area contributed by atoms with Crippen molar-refractivity contribution in [3.05, 3.63) is 71.3 Å². The second-order valence-electron chi connectivity index (χ2n) is 7.95. The summed E-state index contributed by atoms with van der Waals surface area (Å²) in [6.07, 6.45) is 7.47. The van der Waals surface area contributed by atoms with Gasteiger partial charge in [-0.2, -0.15) is 0 Å². The first kappa shape index (κ1) is 20.4. The van der Waals surface area contributed by atoms with Crippen LogP contribution in [0.15, 0.2) is 54.6 Å². The molecular weight excluding hydrogens is 376 g/mol. The fourth-order valence-electron chi connectivity index (χ4n) is 4.39. The summed E-state index contributed by atoms with van der Waals surface area (Å²) in [5.74, 6) is 0.244. The van der Waals surface area contributed by atoms with Crippen LogP contribution in [0, 0.1) is 0 Å². The Morgan fingerprint density at radius 3 is 2.50 bits per heavy atom. The highest BCUT2D eigenvalue weighted by Crippen LogP contribution is 2.32. The van der Waals surface area contributed by atoms with Crippen LogP contribution in [0.3, 0.4) is 0 Å². The number of aliphatic hydroxyl groups is 1. The average Bonchev–Trinajstić information content (AvgIpc) is 2.79. The number of aliphatic hydroxyl groups excluding tert-OH is 1. The number of likely N-dealkylation sites (tertiary alicyclic amines) is 1. The Kier molecular flexibility index (Phi) is 6.29. The van der Waals surface area contributed by atoms with E-state index in [4.69, 9.17) is 5.11 Å². The molecule has 4 rings (SSSR count). The summed E-state index contributed by atoms with van der Waals surface area (Å²) in [7, 11) is 0. The van der Waals surface area contributed by atoms with E-state index in [9.17, 15) is 9.59 Å². The van der Waals surface area contributed by atoms with Crippen LogP contribution in [0.1, 0.15) is 47.2 Å². The molecule has 0 unspecified atom stereocenters. The molecule has 0 radical (unpaired) electrons. The fraction of sp³-hybridized carbons (Fsp3) is 0.360. The number of piperidine rings is 1. The molecule has 2 aromatic carbocycles. The number of rotatable bonds is 5. The first-order valence-electron chi connectivity index (χ1n) is 10.7. The van der Waals surface area contributed by atoms with Gasteiger partial charge in [-0.1, -0.05) is 42.5 Å². The fourth-order valence-corrected chi connectivity index (χ4v) is 4.39. The van der Waals surface area contributed by atoms with Crippen molar-refractivity contribution in [2.75, 3.05) is 24.6 Å². The molecule has 30 heavy (non-hydrogen) atoms. The van der Waals surface area contributed by atoms with Crippen molar-refractivity contribution in [3.63, 3.8) is 0 Å². The standard InChI is InChI=1S/C25H28N2O3/c28-18-4-3-5-19-8-10-21(11-9-19)25(30)26-16-14-22(15-17-26)27-23-7-2-1-6-20(23)12-13-24(27)29/h1-3,5-11,22,28H,4,12-18H2/b5-3+. The van der Waals surface area contributed by atoms with E-state index in [1.165, 1.54) is 5.56 Å². The van der Waals surface area contributed by atoms with E-state index >= 15 is 0 Å². The highest BCUT2D eigenvalue weighted by atomic mass is 16.2. The molecule has 5 nitrogen and oxygen atoms in total. The van der Waals surface area contributed by atoms with E-state index in [2.05, 4.69) is 6.07 Å². The number of nitrogens with zero attached hydrogens (tertiary/aromatic N) is 2. The highest BCUT2D eigenvalue weighted by molar-refractivity contribution is 5.97. The Hall–Kier alpha value is -2.92. The zero-order valence-electron chi connectivity index (χ0n) is 17.2. The Balaban J connectivity index is 1.39. The zero-order chi connectivity index (χ0) is 20.9. The molecule has 2 amide bonds. The van der Waals surface area contributed by atoms with Crippen molar-refractivity contribution in [1.29, 1.82) is 0 Å². The van der Waals surface area contributed by atoms with Crippen molar-refractivity contribution in [2.45, 2.75) is 38.1 Å². The number of benzene rings is 2. The molecule has 0 bridgehead atoms.